The Morgan fingerprint density at radius 1 is 1.17 bits per heavy atom. The second-order valence-electron chi connectivity index (χ2n) is 9.33. The van der Waals surface area contributed by atoms with Gasteiger partial charge in [-0.3, -0.25) is 19.3 Å². The fourth-order valence-corrected chi connectivity index (χ4v) is 3.88. The average Bonchev–Trinajstić information content (AvgIpc) is 3.08. The standard InChI is InChI=1S/C15H22ClNO2.C12H14ClNO2/c1-5-13-8-6-7-12(4)15(13)17(14(18)9-16)10-19-11(2)3;1-12(2)8-16-14(11(12)15)7-9-5-3-4-6-10(9)13/h6-8,11H,5,9-10H2,1-4H3;3-6H,7-8H2,1-2H3. The van der Waals surface area contributed by atoms with Crippen LogP contribution in [0.1, 0.15) is 51.3 Å². The summed E-state index contributed by atoms with van der Waals surface area (Å²) in [7, 11) is 0. The van der Waals surface area contributed by atoms with Gasteiger partial charge >= 0.3 is 0 Å². The molecule has 0 aliphatic carbocycles. The maximum Gasteiger partial charge on any atom is 0.254 e. The van der Waals surface area contributed by atoms with E-state index in [4.69, 9.17) is 32.8 Å². The summed E-state index contributed by atoms with van der Waals surface area (Å²) in [5, 5.41) is 2.05. The summed E-state index contributed by atoms with van der Waals surface area (Å²) in [6, 6.07) is 13.5. The molecule has 0 spiro atoms. The van der Waals surface area contributed by atoms with Crippen molar-refractivity contribution in [1.29, 1.82) is 0 Å². The Morgan fingerprint density at radius 2 is 1.83 bits per heavy atom. The van der Waals surface area contributed by atoms with E-state index >= 15 is 0 Å². The number of ether oxygens (including phenoxy) is 1. The smallest absolute Gasteiger partial charge is 0.254 e. The lowest BCUT2D eigenvalue weighted by Crippen LogP contribution is -2.36. The molecule has 3 rings (SSSR count). The summed E-state index contributed by atoms with van der Waals surface area (Å²) in [5.41, 5.74) is 3.59. The SMILES string of the molecule is CC1(C)CON(Cc2ccccc2Cl)C1=O.CCc1cccc(C)c1N(COC(C)C)C(=O)CCl. The van der Waals surface area contributed by atoms with E-state index < -0.39 is 5.41 Å². The molecule has 0 saturated carbocycles. The van der Waals surface area contributed by atoms with Crippen LogP contribution in [0.15, 0.2) is 42.5 Å². The van der Waals surface area contributed by atoms with Gasteiger partial charge in [0, 0.05) is 5.02 Å². The van der Waals surface area contributed by atoms with Gasteiger partial charge in [0.2, 0.25) is 5.91 Å². The van der Waals surface area contributed by atoms with E-state index in [0.29, 0.717) is 18.2 Å². The molecule has 8 heteroatoms. The average molecular weight is 524 g/mol. The fourth-order valence-electron chi connectivity index (χ4n) is 3.54. The van der Waals surface area contributed by atoms with Gasteiger partial charge < -0.3 is 4.74 Å². The molecule has 6 nitrogen and oxygen atoms in total. The van der Waals surface area contributed by atoms with Crippen molar-refractivity contribution >= 4 is 40.7 Å². The lowest BCUT2D eigenvalue weighted by atomic mass is 9.95. The Hall–Kier alpha value is -2.12. The quantitative estimate of drug-likeness (QED) is 0.308. The first-order chi connectivity index (χ1) is 16.5. The minimum atomic E-state index is -0.429. The number of para-hydroxylation sites is 1. The molecule has 0 aromatic heterocycles. The third-order valence-corrected chi connectivity index (χ3v) is 6.18. The van der Waals surface area contributed by atoms with Crippen LogP contribution in [-0.2, 0) is 32.1 Å². The summed E-state index contributed by atoms with van der Waals surface area (Å²) in [6.45, 7) is 12.8. The summed E-state index contributed by atoms with van der Waals surface area (Å²) in [5.74, 6) is -0.169. The van der Waals surface area contributed by atoms with E-state index in [1.807, 2.05) is 77.1 Å². The van der Waals surface area contributed by atoms with Gasteiger partial charge in [0.25, 0.3) is 5.91 Å². The van der Waals surface area contributed by atoms with E-state index in [2.05, 4.69) is 6.92 Å². The van der Waals surface area contributed by atoms with Crippen LogP contribution in [0.2, 0.25) is 5.02 Å². The van der Waals surface area contributed by atoms with Gasteiger partial charge in [0.05, 0.1) is 30.4 Å². The van der Waals surface area contributed by atoms with Crippen LogP contribution in [0.25, 0.3) is 0 Å². The Labute approximate surface area is 219 Å². The first-order valence-electron chi connectivity index (χ1n) is 11.8. The molecule has 0 N–H and O–H groups in total. The Kier molecular flexibility index (Phi) is 11.0. The van der Waals surface area contributed by atoms with Crippen molar-refractivity contribution < 1.29 is 19.2 Å². The maximum absolute atomic E-state index is 12.1. The number of hydrogen-bond acceptors (Lipinski definition) is 4. The van der Waals surface area contributed by atoms with Crippen LogP contribution >= 0.6 is 23.2 Å². The van der Waals surface area contributed by atoms with Crippen molar-refractivity contribution in [3.05, 3.63) is 64.2 Å². The van der Waals surface area contributed by atoms with Crippen LogP contribution in [0, 0.1) is 12.3 Å². The normalized spacial score (nSPS) is 14.7. The number of nitrogens with zero attached hydrogens (tertiary/aromatic N) is 2. The van der Waals surface area contributed by atoms with Gasteiger partial charge in [0.1, 0.15) is 12.6 Å². The summed E-state index contributed by atoms with van der Waals surface area (Å²) in [4.78, 5) is 31.0. The van der Waals surface area contributed by atoms with Crippen molar-refractivity contribution in [2.45, 2.75) is 60.6 Å². The molecule has 1 aliphatic heterocycles. The summed E-state index contributed by atoms with van der Waals surface area (Å²) < 4.78 is 5.58. The molecule has 2 aromatic carbocycles. The molecule has 1 fully saturated rings. The fraction of sp³-hybridized carbons (Fsp3) is 0.481. The lowest BCUT2D eigenvalue weighted by Gasteiger charge is -2.27. The first-order valence-corrected chi connectivity index (χ1v) is 12.7. The van der Waals surface area contributed by atoms with Crippen LogP contribution in [0.4, 0.5) is 5.69 Å². The zero-order valence-electron chi connectivity index (χ0n) is 21.4. The Bertz CT molecular complexity index is 1010. The predicted octanol–water partition coefficient (Wildman–Crippen LogP) is 6.15. The zero-order chi connectivity index (χ0) is 26.2. The molecule has 0 radical (unpaired) electrons. The van der Waals surface area contributed by atoms with Gasteiger partial charge in [0.15, 0.2) is 0 Å². The molecule has 35 heavy (non-hydrogen) atoms. The number of carbonyl (C=O) groups is 2. The van der Waals surface area contributed by atoms with Gasteiger partial charge in [-0.1, -0.05) is 54.9 Å². The highest BCUT2D eigenvalue weighted by atomic mass is 35.5. The van der Waals surface area contributed by atoms with Gasteiger partial charge in [-0.05, 0) is 63.8 Å². The number of anilines is 1. The van der Waals surface area contributed by atoms with Crippen LogP contribution < -0.4 is 4.90 Å². The zero-order valence-corrected chi connectivity index (χ0v) is 22.9. The van der Waals surface area contributed by atoms with Crippen molar-refractivity contribution in [2.24, 2.45) is 5.41 Å². The molecule has 1 aliphatic rings. The molecule has 2 amide bonds. The minimum Gasteiger partial charge on any atom is -0.358 e. The van der Waals surface area contributed by atoms with E-state index in [-0.39, 0.29) is 30.5 Å². The molecule has 0 atom stereocenters. The molecule has 0 unspecified atom stereocenters. The van der Waals surface area contributed by atoms with E-state index in [0.717, 1.165) is 28.8 Å². The molecule has 192 valence electrons. The molecule has 2 aromatic rings. The third kappa shape index (κ3) is 7.94. The second kappa shape index (κ2) is 13.3. The predicted molar refractivity (Wildman–Crippen MR) is 142 cm³/mol. The molecular weight excluding hydrogens is 487 g/mol. The highest BCUT2D eigenvalue weighted by molar-refractivity contribution is 6.31. The van der Waals surface area contributed by atoms with E-state index in [9.17, 15) is 9.59 Å². The number of rotatable bonds is 8. The van der Waals surface area contributed by atoms with Crippen molar-refractivity contribution in [3.8, 4) is 0 Å². The summed E-state index contributed by atoms with van der Waals surface area (Å²) in [6.07, 6.45) is 0.935. The number of carbonyl (C=O) groups excluding carboxylic acids is 2. The van der Waals surface area contributed by atoms with Crippen molar-refractivity contribution in [3.63, 3.8) is 0 Å². The molecular formula is C27H36Cl2N2O4. The topological polar surface area (TPSA) is 59.1 Å². The number of aryl methyl sites for hydroxylation is 2. The second-order valence-corrected chi connectivity index (χ2v) is 10.0. The number of alkyl halides is 1. The summed E-state index contributed by atoms with van der Waals surface area (Å²) >= 11 is 11.7. The number of benzene rings is 2. The Morgan fingerprint density at radius 3 is 2.37 bits per heavy atom. The molecule has 1 saturated heterocycles. The van der Waals surface area contributed by atoms with Crippen LogP contribution in [0.3, 0.4) is 0 Å². The first kappa shape index (κ1) is 29.1. The maximum atomic E-state index is 12.1. The van der Waals surface area contributed by atoms with Gasteiger partial charge in [-0.15, -0.1) is 11.6 Å². The number of halogens is 2. The monoisotopic (exact) mass is 522 g/mol. The highest BCUT2D eigenvalue weighted by Crippen LogP contribution is 2.29. The Balaban J connectivity index is 0.000000250. The number of hydrogen-bond donors (Lipinski definition) is 0. The van der Waals surface area contributed by atoms with Gasteiger partial charge in [-0.25, -0.2) is 5.06 Å². The van der Waals surface area contributed by atoms with Crippen molar-refractivity contribution in [1.82, 2.24) is 5.06 Å². The lowest BCUT2D eigenvalue weighted by molar-refractivity contribution is -0.165. The highest BCUT2D eigenvalue weighted by Gasteiger charge is 2.40. The largest absolute Gasteiger partial charge is 0.358 e. The number of hydroxylamine groups is 2. The minimum absolute atomic E-state index is 0.00687. The van der Waals surface area contributed by atoms with Crippen molar-refractivity contribution in [2.75, 3.05) is 24.1 Å². The molecule has 0 bridgehead atoms. The van der Waals surface area contributed by atoms with E-state index in [1.165, 1.54) is 5.06 Å². The molecule has 1 heterocycles. The number of amides is 2. The van der Waals surface area contributed by atoms with Gasteiger partial charge in [-0.2, -0.15) is 0 Å². The third-order valence-electron chi connectivity index (χ3n) is 5.58. The van der Waals surface area contributed by atoms with E-state index in [1.54, 1.807) is 4.90 Å². The van der Waals surface area contributed by atoms with Crippen LogP contribution in [-0.4, -0.2) is 42.2 Å². The van der Waals surface area contributed by atoms with Crippen LogP contribution in [0.5, 0.6) is 0 Å².